The molecule has 1 aromatic heterocycles. The number of rotatable bonds is 5. The largest absolute Gasteiger partial charge is 0.497 e. The molecule has 1 aromatic carbocycles. The number of aromatic nitrogens is 1. The molecular formula is C14H16BNO4. The molecule has 0 atom stereocenters. The summed E-state index contributed by atoms with van der Waals surface area (Å²) in [5, 5.41) is 18.7. The highest BCUT2D eigenvalue weighted by molar-refractivity contribution is 6.59. The van der Waals surface area contributed by atoms with Crippen molar-refractivity contribution < 1.29 is 19.5 Å². The van der Waals surface area contributed by atoms with E-state index in [0.717, 1.165) is 11.4 Å². The van der Waals surface area contributed by atoms with E-state index in [2.05, 4.69) is 4.98 Å². The number of pyridine rings is 1. The minimum atomic E-state index is -1.62. The Morgan fingerprint density at radius 2 is 2.00 bits per heavy atom. The lowest BCUT2D eigenvalue weighted by Gasteiger charge is -2.12. The Labute approximate surface area is 118 Å². The minimum Gasteiger partial charge on any atom is -0.497 e. The van der Waals surface area contributed by atoms with E-state index in [1.165, 1.54) is 13.2 Å². The van der Waals surface area contributed by atoms with E-state index in [0.29, 0.717) is 11.5 Å². The summed E-state index contributed by atoms with van der Waals surface area (Å²) in [6.07, 6.45) is 0. The molecule has 20 heavy (non-hydrogen) atoms. The number of nitrogens with zero attached hydrogens (tertiary/aromatic N) is 1. The lowest BCUT2D eigenvalue weighted by atomic mass is 9.79. The second-order valence-electron chi connectivity index (χ2n) is 4.34. The van der Waals surface area contributed by atoms with Gasteiger partial charge >= 0.3 is 7.12 Å². The normalized spacial score (nSPS) is 10.2. The molecule has 0 saturated heterocycles. The smallest absolute Gasteiger partial charge is 0.492 e. The molecule has 1 heterocycles. The van der Waals surface area contributed by atoms with E-state index in [4.69, 9.17) is 9.47 Å². The monoisotopic (exact) mass is 273 g/mol. The molecule has 0 unspecified atom stereocenters. The van der Waals surface area contributed by atoms with Crippen molar-refractivity contribution in [2.75, 3.05) is 7.11 Å². The van der Waals surface area contributed by atoms with Crippen LogP contribution in [0.1, 0.15) is 11.4 Å². The molecule has 0 aliphatic heterocycles. The van der Waals surface area contributed by atoms with Crippen molar-refractivity contribution in [3.63, 3.8) is 0 Å². The van der Waals surface area contributed by atoms with E-state index in [1.807, 2.05) is 25.1 Å². The van der Waals surface area contributed by atoms with Crippen LogP contribution in [-0.4, -0.2) is 29.3 Å². The van der Waals surface area contributed by atoms with E-state index < -0.39 is 7.12 Å². The number of benzene rings is 1. The summed E-state index contributed by atoms with van der Waals surface area (Å²) >= 11 is 0. The van der Waals surface area contributed by atoms with Crippen molar-refractivity contribution in [2.24, 2.45) is 0 Å². The van der Waals surface area contributed by atoms with Crippen LogP contribution in [0.25, 0.3) is 0 Å². The van der Waals surface area contributed by atoms with Crippen molar-refractivity contribution in [1.82, 2.24) is 4.98 Å². The van der Waals surface area contributed by atoms with Gasteiger partial charge in [-0.15, -0.1) is 0 Å². The van der Waals surface area contributed by atoms with Gasteiger partial charge in [0.25, 0.3) is 0 Å². The average Bonchev–Trinajstić information content (AvgIpc) is 2.45. The average molecular weight is 273 g/mol. The molecule has 6 heteroatoms. The minimum absolute atomic E-state index is 0.258. The van der Waals surface area contributed by atoms with Gasteiger partial charge in [0.2, 0.25) is 0 Å². The van der Waals surface area contributed by atoms with E-state index in [1.54, 1.807) is 12.1 Å². The first-order valence-electron chi connectivity index (χ1n) is 6.19. The van der Waals surface area contributed by atoms with Gasteiger partial charge in [-0.2, -0.15) is 0 Å². The zero-order chi connectivity index (χ0) is 14.5. The van der Waals surface area contributed by atoms with Crippen LogP contribution in [-0.2, 0) is 6.61 Å². The van der Waals surface area contributed by atoms with E-state index in [9.17, 15) is 10.0 Å². The molecule has 2 rings (SSSR count). The van der Waals surface area contributed by atoms with Gasteiger partial charge < -0.3 is 19.5 Å². The Morgan fingerprint density at radius 1 is 1.20 bits per heavy atom. The van der Waals surface area contributed by atoms with E-state index >= 15 is 0 Å². The summed E-state index contributed by atoms with van der Waals surface area (Å²) in [4.78, 5) is 4.32. The van der Waals surface area contributed by atoms with Crippen LogP contribution >= 0.6 is 0 Å². The molecule has 0 saturated carbocycles. The number of hydrogen-bond donors (Lipinski definition) is 2. The predicted octanol–water partition coefficient (Wildman–Crippen LogP) is 0.657. The summed E-state index contributed by atoms with van der Waals surface area (Å²) in [6, 6.07) is 10.5. The fourth-order valence-corrected chi connectivity index (χ4v) is 1.82. The number of ether oxygens (including phenoxy) is 2. The molecular weight excluding hydrogens is 257 g/mol. The number of methoxy groups -OCH3 is 1. The Morgan fingerprint density at radius 3 is 2.65 bits per heavy atom. The van der Waals surface area contributed by atoms with Gasteiger partial charge in [0.15, 0.2) is 0 Å². The maximum Gasteiger partial charge on any atom is 0.492 e. The van der Waals surface area contributed by atoms with Crippen molar-refractivity contribution in [2.45, 2.75) is 13.5 Å². The lowest BCUT2D eigenvalue weighted by Crippen LogP contribution is -2.31. The third-order valence-corrected chi connectivity index (χ3v) is 2.82. The van der Waals surface area contributed by atoms with Crippen LogP contribution in [0.2, 0.25) is 0 Å². The Kier molecular flexibility index (Phi) is 4.60. The molecule has 0 aliphatic rings. The molecule has 2 N–H and O–H groups in total. The van der Waals surface area contributed by atoms with Gasteiger partial charge in [-0.05, 0) is 37.3 Å². The summed E-state index contributed by atoms with van der Waals surface area (Å²) in [5.41, 5.74) is 1.94. The van der Waals surface area contributed by atoms with Crippen LogP contribution < -0.4 is 14.9 Å². The molecule has 0 aliphatic carbocycles. The van der Waals surface area contributed by atoms with Crippen molar-refractivity contribution in [1.29, 1.82) is 0 Å². The van der Waals surface area contributed by atoms with Gasteiger partial charge in [0.05, 0.1) is 12.8 Å². The summed E-state index contributed by atoms with van der Waals surface area (Å²) in [5.74, 6) is 0.929. The fourth-order valence-electron chi connectivity index (χ4n) is 1.82. The van der Waals surface area contributed by atoms with E-state index in [-0.39, 0.29) is 12.1 Å². The highest BCUT2D eigenvalue weighted by atomic mass is 16.5. The van der Waals surface area contributed by atoms with Gasteiger partial charge in [-0.25, -0.2) is 0 Å². The van der Waals surface area contributed by atoms with Crippen LogP contribution in [0, 0.1) is 6.92 Å². The first kappa shape index (κ1) is 14.4. The predicted molar refractivity (Wildman–Crippen MR) is 76.1 cm³/mol. The lowest BCUT2D eigenvalue weighted by molar-refractivity contribution is 0.301. The summed E-state index contributed by atoms with van der Waals surface area (Å²) in [7, 11) is -0.106. The zero-order valence-corrected chi connectivity index (χ0v) is 11.4. The second kappa shape index (κ2) is 6.41. The van der Waals surface area contributed by atoms with Crippen LogP contribution in [0.15, 0.2) is 36.4 Å². The molecule has 5 nitrogen and oxygen atoms in total. The molecule has 0 amide bonds. The molecule has 104 valence electrons. The summed E-state index contributed by atoms with van der Waals surface area (Å²) in [6.45, 7) is 2.16. The van der Waals surface area contributed by atoms with Crippen LogP contribution in [0.5, 0.6) is 11.5 Å². The number of hydrogen-bond acceptors (Lipinski definition) is 5. The topological polar surface area (TPSA) is 71.8 Å². The van der Waals surface area contributed by atoms with Gasteiger partial charge in [0.1, 0.15) is 18.1 Å². The standard InChI is InChI=1S/C14H16BNO4/c1-10-4-3-5-11(16-10)9-20-14-7-6-12(19-2)8-13(14)15(17)18/h3-8,17-18H,9H2,1-2H3. The van der Waals surface area contributed by atoms with Crippen molar-refractivity contribution in [3.05, 3.63) is 47.8 Å². The highest BCUT2D eigenvalue weighted by Crippen LogP contribution is 2.16. The second-order valence-corrected chi connectivity index (χ2v) is 4.34. The third kappa shape index (κ3) is 3.49. The molecule has 2 aromatic rings. The zero-order valence-electron chi connectivity index (χ0n) is 11.4. The molecule has 0 radical (unpaired) electrons. The molecule has 0 bridgehead atoms. The first-order chi connectivity index (χ1) is 9.60. The molecule has 0 spiro atoms. The Bertz CT molecular complexity index is 589. The highest BCUT2D eigenvalue weighted by Gasteiger charge is 2.18. The van der Waals surface area contributed by atoms with Gasteiger partial charge in [-0.1, -0.05) is 6.07 Å². The maximum atomic E-state index is 9.37. The third-order valence-electron chi connectivity index (χ3n) is 2.82. The van der Waals surface area contributed by atoms with Crippen molar-refractivity contribution in [3.8, 4) is 11.5 Å². The SMILES string of the molecule is COc1ccc(OCc2cccc(C)n2)c(B(O)O)c1. The maximum absolute atomic E-state index is 9.37. The molecule has 0 fully saturated rings. The van der Waals surface area contributed by atoms with Crippen LogP contribution in [0.4, 0.5) is 0 Å². The van der Waals surface area contributed by atoms with Crippen LogP contribution in [0.3, 0.4) is 0 Å². The van der Waals surface area contributed by atoms with Crippen molar-refractivity contribution >= 4 is 12.6 Å². The van der Waals surface area contributed by atoms with Gasteiger partial charge in [-0.3, -0.25) is 4.98 Å². The fraction of sp³-hybridized carbons (Fsp3) is 0.214. The quantitative estimate of drug-likeness (QED) is 0.783. The number of aryl methyl sites for hydroxylation is 1. The first-order valence-corrected chi connectivity index (χ1v) is 6.19. The Balaban J connectivity index is 2.16. The Hall–Kier alpha value is -2.05. The summed E-state index contributed by atoms with van der Waals surface area (Å²) < 4.78 is 10.6. The van der Waals surface area contributed by atoms with Gasteiger partial charge in [0, 0.05) is 11.2 Å².